The number of aliphatic hydroxyl groups is 1. The van der Waals surface area contributed by atoms with Crippen LogP contribution in [0.1, 0.15) is 26.3 Å². The largest absolute Gasteiger partial charge is 0.460 e. The van der Waals surface area contributed by atoms with Gasteiger partial charge in [-0.1, -0.05) is 30.3 Å². The molecule has 9 heteroatoms. The molecule has 0 spiro atoms. The Morgan fingerprint density at radius 2 is 1.81 bits per heavy atom. The molecule has 0 saturated carbocycles. The summed E-state index contributed by atoms with van der Waals surface area (Å²) in [6.45, 7) is 3.29. The lowest BCUT2D eigenvalue weighted by atomic mass is 10.1. The van der Waals surface area contributed by atoms with Gasteiger partial charge in [-0.05, 0) is 26.3 Å². The summed E-state index contributed by atoms with van der Waals surface area (Å²) in [6, 6.07) is 6.57. The normalized spacial score (nSPS) is 14.3. The molecule has 0 saturated heterocycles. The summed E-state index contributed by atoms with van der Waals surface area (Å²) in [5.74, 6) is -5.04. The van der Waals surface area contributed by atoms with E-state index in [1.165, 1.54) is 0 Å². The summed E-state index contributed by atoms with van der Waals surface area (Å²) in [4.78, 5) is 23.2. The van der Waals surface area contributed by atoms with E-state index < -0.39 is 42.3 Å². The fourth-order valence-corrected chi connectivity index (χ4v) is 1.83. The standard InChI is InChI=1S/C17H24F2N2O5/c1-16(2,3)26-15(24)21-10-17(18,19)13(22)12(20)14(23)25-9-11-7-5-4-6-8-11/h4-8,12-13,22H,9-10,20H2,1-3H3,(H,21,24). The highest BCUT2D eigenvalue weighted by Gasteiger charge is 2.45. The SMILES string of the molecule is CC(C)(C)OC(=O)NCC(F)(F)C(O)C(N)C(=O)OCc1ccccc1. The molecule has 0 aliphatic carbocycles. The van der Waals surface area contributed by atoms with Gasteiger partial charge in [-0.15, -0.1) is 0 Å². The molecule has 0 aliphatic rings. The second-order valence-corrected chi connectivity index (χ2v) is 6.68. The van der Waals surface area contributed by atoms with Crippen molar-refractivity contribution in [2.75, 3.05) is 6.54 Å². The van der Waals surface area contributed by atoms with Crippen LogP contribution in [0.5, 0.6) is 0 Å². The van der Waals surface area contributed by atoms with E-state index in [-0.39, 0.29) is 6.61 Å². The number of amides is 1. The Labute approximate surface area is 150 Å². The molecule has 1 aromatic rings. The van der Waals surface area contributed by atoms with Crippen molar-refractivity contribution in [3.63, 3.8) is 0 Å². The van der Waals surface area contributed by atoms with Gasteiger partial charge in [0.05, 0.1) is 6.54 Å². The van der Waals surface area contributed by atoms with Crippen molar-refractivity contribution < 1.29 is 33.0 Å². The number of alkyl halides is 2. The third-order valence-corrected chi connectivity index (χ3v) is 3.14. The summed E-state index contributed by atoms with van der Waals surface area (Å²) in [7, 11) is 0. The molecule has 0 bridgehead atoms. The zero-order chi connectivity index (χ0) is 20.0. The molecule has 0 fully saturated rings. The van der Waals surface area contributed by atoms with E-state index in [0.29, 0.717) is 5.56 Å². The van der Waals surface area contributed by atoms with Crippen molar-refractivity contribution in [3.8, 4) is 0 Å². The lowest BCUT2D eigenvalue weighted by Gasteiger charge is -2.27. The zero-order valence-electron chi connectivity index (χ0n) is 14.9. The first-order chi connectivity index (χ1) is 11.9. The molecule has 2 unspecified atom stereocenters. The number of alkyl carbamates (subject to hydrolysis) is 1. The number of carbonyl (C=O) groups excluding carboxylic acids is 2. The highest BCUT2D eigenvalue weighted by molar-refractivity contribution is 5.76. The van der Waals surface area contributed by atoms with E-state index in [9.17, 15) is 23.5 Å². The van der Waals surface area contributed by atoms with Crippen molar-refractivity contribution in [2.24, 2.45) is 5.73 Å². The van der Waals surface area contributed by atoms with Gasteiger partial charge in [0.2, 0.25) is 0 Å². The van der Waals surface area contributed by atoms with Gasteiger partial charge in [-0.3, -0.25) is 4.79 Å². The molecule has 0 radical (unpaired) electrons. The van der Waals surface area contributed by atoms with Crippen LogP contribution in [-0.4, -0.2) is 47.4 Å². The van der Waals surface area contributed by atoms with Crippen molar-refractivity contribution in [3.05, 3.63) is 35.9 Å². The first-order valence-electron chi connectivity index (χ1n) is 7.91. The Kier molecular flexibility index (Phi) is 7.46. The highest BCUT2D eigenvalue weighted by atomic mass is 19.3. The van der Waals surface area contributed by atoms with Crippen LogP contribution in [0.2, 0.25) is 0 Å². The van der Waals surface area contributed by atoms with Gasteiger partial charge in [0.15, 0.2) is 0 Å². The van der Waals surface area contributed by atoms with Gasteiger partial charge in [-0.25, -0.2) is 13.6 Å². The Bertz CT molecular complexity index is 605. The Morgan fingerprint density at radius 3 is 2.35 bits per heavy atom. The van der Waals surface area contributed by atoms with Crippen LogP contribution >= 0.6 is 0 Å². The number of hydrogen-bond donors (Lipinski definition) is 3. The number of hydrogen-bond acceptors (Lipinski definition) is 6. The molecular weight excluding hydrogens is 350 g/mol. The summed E-state index contributed by atoms with van der Waals surface area (Å²) >= 11 is 0. The van der Waals surface area contributed by atoms with E-state index in [1.807, 2.05) is 5.32 Å². The predicted octanol–water partition coefficient (Wildman–Crippen LogP) is 1.58. The minimum absolute atomic E-state index is 0.165. The number of nitrogens with two attached hydrogens (primary N) is 1. The molecule has 1 rings (SSSR count). The van der Waals surface area contributed by atoms with Gasteiger partial charge >= 0.3 is 12.1 Å². The molecular formula is C17H24F2N2O5. The van der Waals surface area contributed by atoms with Crippen LogP contribution in [0.4, 0.5) is 13.6 Å². The molecule has 1 amide bonds. The molecule has 7 nitrogen and oxygen atoms in total. The van der Waals surface area contributed by atoms with E-state index >= 15 is 0 Å². The lowest BCUT2D eigenvalue weighted by Crippen LogP contribution is -2.56. The maximum absolute atomic E-state index is 14.0. The quantitative estimate of drug-likeness (QED) is 0.625. The number of esters is 1. The second-order valence-electron chi connectivity index (χ2n) is 6.68. The Hall–Kier alpha value is -2.26. The number of aliphatic hydroxyl groups excluding tert-OH is 1. The predicted molar refractivity (Wildman–Crippen MR) is 89.4 cm³/mol. The molecule has 26 heavy (non-hydrogen) atoms. The number of halogens is 2. The molecule has 0 aliphatic heterocycles. The zero-order valence-corrected chi connectivity index (χ0v) is 14.9. The number of nitrogens with one attached hydrogen (secondary N) is 1. The fourth-order valence-electron chi connectivity index (χ4n) is 1.83. The van der Waals surface area contributed by atoms with Gasteiger partial charge < -0.3 is 25.6 Å². The van der Waals surface area contributed by atoms with Gasteiger partial charge in [0, 0.05) is 0 Å². The third kappa shape index (κ3) is 7.32. The molecule has 146 valence electrons. The van der Waals surface area contributed by atoms with Gasteiger partial charge in [0.25, 0.3) is 5.92 Å². The monoisotopic (exact) mass is 374 g/mol. The van der Waals surface area contributed by atoms with Crippen LogP contribution < -0.4 is 11.1 Å². The number of rotatable bonds is 7. The minimum Gasteiger partial charge on any atom is -0.460 e. The van der Waals surface area contributed by atoms with Crippen LogP contribution in [-0.2, 0) is 20.9 Å². The smallest absolute Gasteiger partial charge is 0.407 e. The van der Waals surface area contributed by atoms with Crippen LogP contribution in [0.25, 0.3) is 0 Å². The first kappa shape index (κ1) is 21.8. The number of ether oxygens (including phenoxy) is 2. The van der Waals surface area contributed by atoms with Crippen LogP contribution in [0.15, 0.2) is 30.3 Å². The number of benzene rings is 1. The van der Waals surface area contributed by atoms with E-state index in [4.69, 9.17) is 15.2 Å². The average molecular weight is 374 g/mol. The maximum Gasteiger partial charge on any atom is 0.407 e. The average Bonchev–Trinajstić information content (AvgIpc) is 2.56. The van der Waals surface area contributed by atoms with Gasteiger partial charge in [0.1, 0.15) is 24.4 Å². The fraction of sp³-hybridized carbons (Fsp3) is 0.529. The van der Waals surface area contributed by atoms with E-state index in [2.05, 4.69) is 0 Å². The van der Waals surface area contributed by atoms with Gasteiger partial charge in [-0.2, -0.15) is 0 Å². The topological polar surface area (TPSA) is 111 Å². The maximum atomic E-state index is 14.0. The third-order valence-electron chi connectivity index (χ3n) is 3.14. The second kappa shape index (κ2) is 8.91. The Morgan fingerprint density at radius 1 is 1.23 bits per heavy atom. The molecule has 0 heterocycles. The lowest BCUT2D eigenvalue weighted by molar-refractivity contribution is -0.161. The first-order valence-corrected chi connectivity index (χ1v) is 7.91. The van der Waals surface area contributed by atoms with Crippen molar-refractivity contribution in [1.82, 2.24) is 5.32 Å². The molecule has 4 N–H and O–H groups in total. The van der Waals surface area contributed by atoms with E-state index in [1.54, 1.807) is 51.1 Å². The number of carbonyl (C=O) groups is 2. The van der Waals surface area contributed by atoms with Crippen molar-refractivity contribution >= 4 is 12.1 Å². The highest BCUT2D eigenvalue weighted by Crippen LogP contribution is 2.21. The summed E-state index contributed by atoms with van der Waals surface area (Å²) in [6.07, 6.45) is -3.62. The summed E-state index contributed by atoms with van der Waals surface area (Å²) in [5.41, 5.74) is 5.14. The minimum atomic E-state index is -3.86. The van der Waals surface area contributed by atoms with Crippen LogP contribution in [0.3, 0.4) is 0 Å². The Balaban J connectivity index is 2.54. The molecule has 1 aromatic carbocycles. The molecule has 0 aromatic heterocycles. The van der Waals surface area contributed by atoms with E-state index in [0.717, 1.165) is 0 Å². The molecule has 2 atom stereocenters. The van der Waals surface area contributed by atoms with Crippen molar-refractivity contribution in [2.45, 2.75) is 51.0 Å². The summed E-state index contributed by atoms with van der Waals surface area (Å²) in [5, 5.41) is 11.5. The van der Waals surface area contributed by atoms with Crippen LogP contribution in [0, 0.1) is 0 Å². The summed E-state index contributed by atoms with van der Waals surface area (Å²) < 4.78 is 37.6. The van der Waals surface area contributed by atoms with Crippen molar-refractivity contribution in [1.29, 1.82) is 0 Å².